The number of nitro groups is 1. The number of carbonyl (C=O) groups is 2. The molecule has 1 aromatic rings. The zero-order valence-electron chi connectivity index (χ0n) is 13.3. The van der Waals surface area contributed by atoms with E-state index in [1.165, 1.54) is 17.0 Å². The zero-order chi connectivity index (χ0) is 17.5. The van der Waals surface area contributed by atoms with Gasteiger partial charge in [-0.25, -0.2) is 4.79 Å². The van der Waals surface area contributed by atoms with Crippen molar-refractivity contribution >= 4 is 23.3 Å². The predicted octanol–water partition coefficient (Wildman–Crippen LogP) is 2.25. The molecule has 0 aliphatic carbocycles. The van der Waals surface area contributed by atoms with Gasteiger partial charge in [0, 0.05) is 37.3 Å². The number of anilines is 1. The molecule has 0 spiro atoms. The minimum absolute atomic E-state index is 0.0283. The maximum Gasteiger partial charge on any atom is 0.326 e. The molecule has 0 unspecified atom stereocenters. The third kappa shape index (κ3) is 4.68. The Morgan fingerprint density at radius 1 is 1.29 bits per heavy atom. The standard InChI is InChI=1S/C16H21N3O5/c20-15(18-11-2-1-4-14(18)16(21)22)5-3-10-17-12-6-8-13(9-7-12)19(23)24/h6-9,14,17H,1-5,10-11H2,(H,21,22)/t14-/m1/s1. The van der Waals surface area contributed by atoms with Gasteiger partial charge in [0.05, 0.1) is 4.92 Å². The summed E-state index contributed by atoms with van der Waals surface area (Å²) < 4.78 is 0. The van der Waals surface area contributed by atoms with E-state index in [9.17, 15) is 24.8 Å². The number of non-ortho nitro benzene ring substituents is 1. The summed E-state index contributed by atoms with van der Waals surface area (Å²) in [6, 6.07) is 5.36. The molecule has 1 saturated heterocycles. The van der Waals surface area contributed by atoms with Crippen LogP contribution in [0.1, 0.15) is 32.1 Å². The van der Waals surface area contributed by atoms with Crippen LogP contribution in [0.15, 0.2) is 24.3 Å². The molecule has 1 aliphatic rings. The number of benzene rings is 1. The van der Waals surface area contributed by atoms with Crippen molar-refractivity contribution in [2.45, 2.75) is 38.1 Å². The molecule has 130 valence electrons. The van der Waals surface area contributed by atoms with E-state index < -0.39 is 16.9 Å². The summed E-state index contributed by atoms with van der Waals surface area (Å²) in [5.41, 5.74) is 0.773. The van der Waals surface area contributed by atoms with Crippen LogP contribution >= 0.6 is 0 Å². The number of amides is 1. The monoisotopic (exact) mass is 335 g/mol. The van der Waals surface area contributed by atoms with Gasteiger partial charge in [-0.2, -0.15) is 0 Å². The Labute approximate surface area is 139 Å². The van der Waals surface area contributed by atoms with Gasteiger partial charge in [-0.3, -0.25) is 14.9 Å². The van der Waals surface area contributed by atoms with E-state index in [1.54, 1.807) is 12.1 Å². The van der Waals surface area contributed by atoms with Crippen LogP contribution < -0.4 is 5.32 Å². The van der Waals surface area contributed by atoms with Crippen molar-refractivity contribution in [3.63, 3.8) is 0 Å². The molecular weight excluding hydrogens is 314 g/mol. The van der Waals surface area contributed by atoms with Crippen LogP contribution in [0.4, 0.5) is 11.4 Å². The highest BCUT2D eigenvalue weighted by atomic mass is 16.6. The SMILES string of the molecule is O=C(O)[C@H]1CCCCN1C(=O)CCCNc1ccc([N+](=O)[O-])cc1. The van der Waals surface area contributed by atoms with Crippen LogP contribution in [0.2, 0.25) is 0 Å². The van der Waals surface area contributed by atoms with Gasteiger partial charge in [-0.05, 0) is 37.8 Å². The minimum Gasteiger partial charge on any atom is -0.480 e. The molecule has 1 fully saturated rings. The molecule has 1 heterocycles. The van der Waals surface area contributed by atoms with Gasteiger partial charge in [-0.1, -0.05) is 0 Å². The number of carboxylic acid groups (broad SMARTS) is 1. The fraction of sp³-hybridized carbons (Fsp3) is 0.500. The van der Waals surface area contributed by atoms with Crippen LogP contribution in [0.25, 0.3) is 0 Å². The van der Waals surface area contributed by atoms with Gasteiger partial charge >= 0.3 is 5.97 Å². The largest absolute Gasteiger partial charge is 0.480 e. The molecule has 1 aromatic carbocycles. The zero-order valence-corrected chi connectivity index (χ0v) is 13.3. The van der Waals surface area contributed by atoms with Gasteiger partial charge in [0.15, 0.2) is 0 Å². The summed E-state index contributed by atoms with van der Waals surface area (Å²) in [5.74, 6) is -1.07. The number of likely N-dealkylation sites (tertiary alicyclic amines) is 1. The van der Waals surface area contributed by atoms with Crippen molar-refractivity contribution in [1.29, 1.82) is 0 Å². The Morgan fingerprint density at radius 2 is 2.00 bits per heavy atom. The van der Waals surface area contributed by atoms with Crippen molar-refractivity contribution in [3.05, 3.63) is 34.4 Å². The molecule has 0 saturated carbocycles. The van der Waals surface area contributed by atoms with Crippen molar-refractivity contribution in [1.82, 2.24) is 4.90 Å². The quantitative estimate of drug-likeness (QED) is 0.449. The molecule has 1 amide bonds. The summed E-state index contributed by atoms with van der Waals surface area (Å²) in [4.78, 5) is 35.0. The number of rotatable bonds is 7. The van der Waals surface area contributed by atoms with Crippen molar-refractivity contribution in [3.8, 4) is 0 Å². The topological polar surface area (TPSA) is 113 Å². The molecule has 0 radical (unpaired) electrons. The molecule has 0 aromatic heterocycles. The number of nitrogens with zero attached hydrogens (tertiary/aromatic N) is 2. The van der Waals surface area contributed by atoms with Crippen LogP contribution in [-0.2, 0) is 9.59 Å². The Morgan fingerprint density at radius 3 is 2.62 bits per heavy atom. The average molecular weight is 335 g/mol. The first-order chi connectivity index (χ1) is 11.5. The first kappa shape index (κ1) is 17.7. The number of hydrogen-bond donors (Lipinski definition) is 2. The lowest BCUT2D eigenvalue weighted by atomic mass is 10.0. The highest BCUT2D eigenvalue weighted by Crippen LogP contribution is 2.19. The third-order valence-electron chi connectivity index (χ3n) is 4.08. The second kappa shape index (κ2) is 8.28. The fourth-order valence-corrected chi connectivity index (χ4v) is 2.80. The van der Waals surface area contributed by atoms with E-state index in [2.05, 4.69) is 5.32 Å². The molecule has 8 nitrogen and oxygen atoms in total. The second-order valence-corrected chi connectivity index (χ2v) is 5.77. The molecule has 1 atom stereocenters. The first-order valence-corrected chi connectivity index (χ1v) is 7.99. The second-order valence-electron chi connectivity index (χ2n) is 5.77. The van der Waals surface area contributed by atoms with E-state index in [0.29, 0.717) is 25.9 Å². The van der Waals surface area contributed by atoms with Crippen molar-refractivity contribution in [2.75, 3.05) is 18.4 Å². The van der Waals surface area contributed by atoms with Crippen molar-refractivity contribution in [2.24, 2.45) is 0 Å². The summed E-state index contributed by atoms with van der Waals surface area (Å²) in [6.07, 6.45) is 3.05. The maximum absolute atomic E-state index is 12.2. The summed E-state index contributed by atoms with van der Waals surface area (Å²) in [5, 5.41) is 22.9. The van der Waals surface area contributed by atoms with Gasteiger partial charge in [0.1, 0.15) is 6.04 Å². The highest BCUT2D eigenvalue weighted by Gasteiger charge is 2.31. The molecular formula is C16H21N3O5. The number of carbonyl (C=O) groups excluding carboxylic acids is 1. The van der Waals surface area contributed by atoms with E-state index in [0.717, 1.165) is 18.5 Å². The average Bonchev–Trinajstić information content (AvgIpc) is 2.58. The molecule has 1 aliphatic heterocycles. The lowest BCUT2D eigenvalue weighted by Gasteiger charge is -2.33. The molecule has 24 heavy (non-hydrogen) atoms. The van der Waals surface area contributed by atoms with E-state index >= 15 is 0 Å². The van der Waals surface area contributed by atoms with Gasteiger partial charge < -0.3 is 15.3 Å². The predicted molar refractivity (Wildman–Crippen MR) is 87.8 cm³/mol. The van der Waals surface area contributed by atoms with E-state index in [-0.39, 0.29) is 18.0 Å². The summed E-state index contributed by atoms with van der Waals surface area (Å²) in [6.45, 7) is 1.04. The van der Waals surface area contributed by atoms with E-state index in [4.69, 9.17) is 0 Å². The van der Waals surface area contributed by atoms with Crippen LogP contribution in [0, 0.1) is 10.1 Å². The van der Waals surface area contributed by atoms with Gasteiger partial charge in [0.25, 0.3) is 5.69 Å². The molecule has 0 bridgehead atoms. The number of nitro benzene ring substituents is 1. The van der Waals surface area contributed by atoms with Crippen molar-refractivity contribution < 1.29 is 19.6 Å². The Bertz CT molecular complexity index is 602. The Kier molecular flexibility index (Phi) is 6.11. The van der Waals surface area contributed by atoms with Gasteiger partial charge in [-0.15, -0.1) is 0 Å². The maximum atomic E-state index is 12.2. The lowest BCUT2D eigenvalue weighted by molar-refractivity contribution is -0.384. The molecule has 8 heteroatoms. The number of hydrogen-bond acceptors (Lipinski definition) is 5. The normalized spacial score (nSPS) is 17.3. The Balaban J connectivity index is 1.76. The molecule has 2 rings (SSSR count). The first-order valence-electron chi connectivity index (χ1n) is 7.99. The number of carboxylic acids is 1. The van der Waals surface area contributed by atoms with Crippen LogP contribution in [0.5, 0.6) is 0 Å². The minimum atomic E-state index is -0.938. The number of piperidine rings is 1. The molecule has 2 N–H and O–H groups in total. The number of aliphatic carboxylic acids is 1. The van der Waals surface area contributed by atoms with E-state index in [1.807, 2.05) is 0 Å². The smallest absolute Gasteiger partial charge is 0.326 e. The van der Waals surface area contributed by atoms with Gasteiger partial charge in [0.2, 0.25) is 5.91 Å². The third-order valence-corrected chi connectivity index (χ3v) is 4.08. The highest BCUT2D eigenvalue weighted by molar-refractivity contribution is 5.83. The fourth-order valence-electron chi connectivity index (χ4n) is 2.80. The Hall–Kier alpha value is -2.64. The summed E-state index contributed by atoms with van der Waals surface area (Å²) >= 11 is 0. The number of nitrogens with one attached hydrogen (secondary N) is 1. The lowest BCUT2D eigenvalue weighted by Crippen LogP contribution is -2.48. The summed E-state index contributed by atoms with van der Waals surface area (Å²) in [7, 11) is 0. The van der Waals surface area contributed by atoms with Crippen LogP contribution in [0.3, 0.4) is 0 Å². The van der Waals surface area contributed by atoms with Crippen LogP contribution in [-0.4, -0.2) is 45.9 Å².